The number of esters is 1. The number of ether oxygens (including phenoxy) is 4. The quantitative estimate of drug-likeness (QED) is 0.348. The molecule has 1 aliphatic rings. The molecule has 0 unspecified atom stereocenters. The molecule has 4 rings (SSSR count). The van der Waals surface area contributed by atoms with Crippen LogP contribution in [0.3, 0.4) is 0 Å². The van der Waals surface area contributed by atoms with Crippen molar-refractivity contribution in [1.82, 2.24) is 9.55 Å². The molecule has 208 valence electrons. The van der Waals surface area contributed by atoms with Gasteiger partial charge in [-0.2, -0.15) is 0 Å². The summed E-state index contributed by atoms with van der Waals surface area (Å²) in [6.07, 6.45) is 0.893. The van der Waals surface area contributed by atoms with Crippen LogP contribution in [-0.2, 0) is 37.0 Å². The molecule has 1 N–H and O–H groups in total. The third-order valence-electron chi connectivity index (χ3n) is 6.86. The Morgan fingerprint density at radius 2 is 1.67 bits per heavy atom. The maximum atomic E-state index is 12.9. The summed E-state index contributed by atoms with van der Waals surface area (Å²) in [4.78, 5) is 39.7. The van der Waals surface area contributed by atoms with Gasteiger partial charge in [0, 0.05) is 18.7 Å². The fraction of sp³-hybridized carbons (Fsp3) is 0.433. The number of rotatable bonds is 12. The Bertz CT molecular complexity index is 1340. The van der Waals surface area contributed by atoms with Crippen molar-refractivity contribution in [1.29, 1.82) is 0 Å². The first-order valence-electron chi connectivity index (χ1n) is 13.3. The lowest BCUT2D eigenvalue weighted by atomic mass is 9.89. The second-order valence-electron chi connectivity index (χ2n) is 9.93. The van der Waals surface area contributed by atoms with E-state index in [2.05, 4.69) is 11.9 Å². The van der Waals surface area contributed by atoms with E-state index in [1.54, 1.807) is 6.92 Å². The van der Waals surface area contributed by atoms with Crippen LogP contribution in [-0.4, -0.2) is 39.9 Å². The summed E-state index contributed by atoms with van der Waals surface area (Å²) in [7, 11) is 0. The van der Waals surface area contributed by atoms with Crippen molar-refractivity contribution in [2.45, 2.75) is 77.3 Å². The fourth-order valence-corrected chi connectivity index (χ4v) is 4.91. The van der Waals surface area contributed by atoms with E-state index in [1.807, 2.05) is 60.7 Å². The van der Waals surface area contributed by atoms with E-state index in [-0.39, 0.29) is 13.2 Å². The number of nitrogens with one attached hydrogen (secondary N) is 1. The SMILES string of the molecule is CCCC[C@]1(COCc2ccccc2)O[C@@H](n2cc(C)c(=O)[nH]c2=O)[C@H](OC(C)=O)[C@@H]1OCc1ccccc1. The smallest absolute Gasteiger partial charge is 0.330 e. The summed E-state index contributed by atoms with van der Waals surface area (Å²) in [6, 6.07) is 19.5. The van der Waals surface area contributed by atoms with Crippen molar-refractivity contribution in [3.8, 4) is 0 Å². The minimum Gasteiger partial charge on any atom is -0.455 e. The van der Waals surface area contributed by atoms with Crippen LogP contribution in [0, 0.1) is 6.92 Å². The molecule has 0 spiro atoms. The van der Waals surface area contributed by atoms with Gasteiger partial charge in [-0.25, -0.2) is 4.79 Å². The Morgan fingerprint density at radius 1 is 1.03 bits per heavy atom. The van der Waals surface area contributed by atoms with Crippen molar-refractivity contribution in [2.75, 3.05) is 6.61 Å². The van der Waals surface area contributed by atoms with Gasteiger partial charge in [-0.15, -0.1) is 0 Å². The molecule has 0 radical (unpaired) electrons. The van der Waals surface area contributed by atoms with Crippen LogP contribution < -0.4 is 11.2 Å². The fourth-order valence-electron chi connectivity index (χ4n) is 4.91. The molecule has 2 aromatic carbocycles. The van der Waals surface area contributed by atoms with Gasteiger partial charge >= 0.3 is 11.7 Å². The molecule has 0 amide bonds. The van der Waals surface area contributed by atoms with E-state index >= 15 is 0 Å². The minimum atomic E-state index is -1.03. The zero-order valence-electron chi connectivity index (χ0n) is 22.6. The minimum absolute atomic E-state index is 0.146. The average molecular weight is 537 g/mol. The second kappa shape index (κ2) is 13.0. The highest BCUT2D eigenvalue weighted by molar-refractivity contribution is 5.66. The highest BCUT2D eigenvalue weighted by Crippen LogP contribution is 2.44. The number of hydrogen-bond donors (Lipinski definition) is 1. The lowest BCUT2D eigenvalue weighted by molar-refractivity contribution is -0.163. The number of aromatic nitrogens is 2. The molecular weight excluding hydrogens is 500 g/mol. The molecule has 3 aromatic rings. The van der Waals surface area contributed by atoms with Gasteiger partial charge in [0.25, 0.3) is 5.56 Å². The molecular formula is C30H36N2O7. The van der Waals surface area contributed by atoms with Crippen LogP contribution in [0.2, 0.25) is 0 Å². The van der Waals surface area contributed by atoms with Crippen molar-refractivity contribution in [3.05, 3.63) is 104 Å². The highest BCUT2D eigenvalue weighted by atomic mass is 16.6. The topological polar surface area (TPSA) is 109 Å². The first-order valence-corrected chi connectivity index (χ1v) is 13.3. The molecule has 0 bridgehead atoms. The predicted molar refractivity (Wildman–Crippen MR) is 145 cm³/mol. The number of carbonyl (C=O) groups is 1. The summed E-state index contributed by atoms with van der Waals surface area (Å²) < 4.78 is 26.5. The number of hydrogen-bond acceptors (Lipinski definition) is 7. The average Bonchev–Trinajstić information content (AvgIpc) is 3.21. The van der Waals surface area contributed by atoms with Gasteiger partial charge in [-0.05, 0) is 24.5 Å². The molecule has 1 aliphatic heterocycles. The molecule has 0 saturated carbocycles. The Kier molecular flexibility index (Phi) is 9.50. The molecule has 9 nitrogen and oxygen atoms in total. The standard InChI is InChI=1S/C30H36N2O7/c1-4-5-16-30(20-36-18-23-12-8-6-9-13-23)26(37-19-24-14-10-7-11-15-24)25(38-22(3)33)28(39-30)32-17-21(2)27(34)31-29(32)35/h6-15,17,25-26,28H,4-5,16,18-20H2,1-3H3,(H,31,34,35)/t25-,26+,28-,30-/m1/s1. The van der Waals surface area contributed by atoms with Gasteiger partial charge in [-0.3, -0.25) is 19.1 Å². The van der Waals surface area contributed by atoms with Crippen LogP contribution in [0.15, 0.2) is 76.4 Å². The van der Waals surface area contributed by atoms with E-state index in [0.717, 1.165) is 24.0 Å². The van der Waals surface area contributed by atoms with Crippen LogP contribution in [0.25, 0.3) is 0 Å². The largest absolute Gasteiger partial charge is 0.455 e. The normalized spacial score (nSPS) is 22.6. The number of unbranched alkanes of at least 4 members (excludes halogenated alkanes) is 1. The molecule has 1 fully saturated rings. The van der Waals surface area contributed by atoms with Gasteiger partial charge < -0.3 is 18.9 Å². The van der Waals surface area contributed by atoms with Gasteiger partial charge in [0.2, 0.25) is 0 Å². The first kappa shape index (κ1) is 28.5. The first-order chi connectivity index (χ1) is 18.8. The Balaban J connectivity index is 1.74. The van der Waals surface area contributed by atoms with E-state index in [1.165, 1.54) is 17.7 Å². The Morgan fingerprint density at radius 3 is 2.28 bits per heavy atom. The summed E-state index contributed by atoms with van der Waals surface area (Å²) >= 11 is 0. The van der Waals surface area contributed by atoms with E-state index in [9.17, 15) is 14.4 Å². The second-order valence-corrected chi connectivity index (χ2v) is 9.93. The third-order valence-corrected chi connectivity index (χ3v) is 6.86. The van der Waals surface area contributed by atoms with E-state index in [4.69, 9.17) is 18.9 Å². The molecule has 2 heterocycles. The van der Waals surface area contributed by atoms with Gasteiger partial charge in [0.05, 0.1) is 19.8 Å². The Labute approximate surface area is 227 Å². The van der Waals surface area contributed by atoms with Gasteiger partial charge in [0.1, 0.15) is 11.7 Å². The van der Waals surface area contributed by atoms with E-state index in [0.29, 0.717) is 18.6 Å². The number of aromatic amines is 1. The van der Waals surface area contributed by atoms with Crippen LogP contribution >= 0.6 is 0 Å². The van der Waals surface area contributed by atoms with Gasteiger partial charge in [-0.1, -0.05) is 80.4 Å². The number of nitrogens with zero attached hydrogens (tertiary/aromatic N) is 1. The summed E-state index contributed by atoms with van der Waals surface area (Å²) in [5, 5.41) is 0. The maximum absolute atomic E-state index is 12.9. The van der Waals surface area contributed by atoms with Crippen LogP contribution in [0.5, 0.6) is 0 Å². The number of benzene rings is 2. The monoisotopic (exact) mass is 536 g/mol. The Hall–Kier alpha value is -3.53. The van der Waals surface area contributed by atoms with Crippen molar-refractivity contribution < 1.29 is 23.7 Å². The number of carbonyl (C=O) groups excluding carboxylic acids is 1. The third kappa shape index (κ3) is 6.92. The van der Waals surface area contributed by atoms with E-state index < -0.39 is 41.3 Å². The molecule has 1 aromatic heterocycles. The van der Waals surface area contributed by atoms with Crippen molar-refractivity contribution in [2.24, 2.45) is 0 Å². The van der Waals surface area contributed by atoms with Crippen molar-refractivity contribution >= 4 is 5.97 Å². The molecule has 39 heavy (non-hydrogen) atoms. The zero-order chi connectivity index (χ0) is 27.8. The summed E-state index contributed by atoms with van der Waals surface area (Å²) in [5.74, 6) is -0.535. The van der Waals surface area contributed by atoms with Crippen LogP contribution in [0.1, 0.15) is 56.0 Å². The zero-order valence-corrected chi connectivity index (χ0v) is 22.6. The molecule has 9 heteroatoms. The van der Waals surface area contributed by atoms with Gasteiger partial charge in [0.15, 0.2) is 12.3 Å². The molecule has 4 atom stereocenters. The van der Waals surface area contributed by atoms with Crippen molar-refractivity contribution in [3.63, 3.8) is 0 Å². The number of aryl methyl sites for hydroxylation is 1. The molecule has 0 aliphatic carbocycles. The number of H-pyrrole nitrogens is 1. The summed E-state index contributed by atoms with van der Waals surface area (Å²) in [6.45, 7) is 5.72. The summed E-state index contributed by atoms with van der Waals surface area (Å²) in [5.41, 5.74) is 0.0867. The molecule has 1 saturated heterocycles. The van der Waals surface area contributed by atoms with Crippen LogP contribution in [0.4, 0.5) is 0 Å². The highest BCUT2D eigenvalue weighted by Gasteiger charge is 2.58. The maximum Gasteiger partial charge on any atom is 0.330 e. The predicted octanol–water partition coefficient (Wildman–Crippen LogP) is 4.04. The lowest BCUT2D eigenvalue weighted by Crippen LogP contribution is -2.49. The lowest BCUT2D eigenvalue weighted by Gasteiger charge is -2.35.